The second-order valence-corrected chi connectivity index (χ2v) is 3.75. The van der Waals surface area contributed by atoms with Crippen LogP contribution in [0, 0.1) is 6.92 Å². The van der Waals surface area contributed by atoms with Gasteiger partial charge >= 0.3 is 5.97 Å². The van der Waals surface area contributed by atoms with Gasteiger partial charge in [0.1, 0.15) is 0 Å². The fourth-order valence-corrected chi connectivity index (χ4v) is 1.82. The first-order chi connectivity index (χ1) is 8.01. The molecular formula is C11H19N3O3. The molecule has 0 aliphatic rings. The SMILES string of the molecule is CCOC(=O)C[C@@H](N)c1c(C)nn(C)c1OC. The van der Waals surface area contributed by atoms with E-state index in [1.54, 1.807) is 25.8 Å². The Balaban J connectivity index is 2.88. The van der Waals surface area contributed by atoms with Gasteiger partial charge < -0.3 is 15.2 Å². The predicted octanol–water partition coefficient (Wildman–Crippen LogP) is 0.690. The number of hydrogen-bond acceptors (Lipinski definition) is 5. The quantitative estimate of drug-likeness (QED) is 0.767. The molecule has 1 aromatic heterocycles. The van der Waals surface area contributed by atoms with E-state index in [0.29, 0.717) is 12.5 Å². The Hall–Kier alpha value is -1.56. The number of carbonyl (C=O) groups is 1. The van der Waals surface area contributed by atoms with Gasteiger partial charge in [0.2, 0.25) is 5.88 Å². The van der Waals surface area contributed by atoms with Gasteiger partial charge in [-0.05, 0) is 13.8 Å². The Labute approximate surface area is 101 Å². The number of aryl methyl sites for hydroxylation is 2. The highest BCUT2D eigenvalue weighted by Crippen LogP contribution is 2.28. The maximum Gasteiger partial charge on any atom is 0.307 e. The second kappa shape index (κ2) is 5.67. The largest absolute Gasteiger partial charge is 0.481 e. The monoisotopic (exact) mass is 241 g/mol. The van der Waals surface area contributed by atoms with Gasteiger partial charge in [-0.2, -0.15) is 5.10 Å². The molecule has 1 aromatic rings. The van der Waals surface area contributed by atoms with Gasteiger partial charge in [0.05, 0.1) is 31.4 Å². The number of methoxy groups -OCH3 is 1. The average Bonchev–Trinajstić information content (AvgIpc) is 2.52. The first-order valence-corrected chi connectivity index (χ1v) is 5.49. The molecule has 2 N–H and O–H groups in total. The molecule has 0 saturated carbocycles. The molecule has 0 amide bonds. The summed E-state index contributed by atoms with van der Waals surface area (Å²) in [6.45, 7) is 3.96. The maximum absolute atomic E-state index is 11.4. The molecule has 1 heterocycles. The highest BCUT2D eigenvalue weighted by molar-refractivity contribution is 5.70. The number of rotatable bonds is 5. The fourth-order valence-electron chi connectivity index (χ4n) is 1.82. The summed E-state index contributed by atoms with van der Waals surface area (Å²) in [5, 5.41) is 4.22. The zero-order chi connectivity index (χ0) is 13.0. The summed E-state index contributed by atoms with van der Waals surface area (Å²) in [5.74, 6) is 0.268. The number of ether oxygens (including phenoxy) is 2. The first kappa shape index (κ1) is 13.5. The van der Waals surface area contributed by atoms with Gasteiger partial charge in [-0.25, -0.2) is 4.68 Å². The van der Waals surface area contributed by atoms with Crippen LogP contribution in [0.5, 0.6) is 5.88 Å². The highest BCUT2D eigenvalue weighted by atomic mass is 16.5. The Bertz CT molecular complexity index is 401. The molecule has 6 heteroatoms. The molecule has 0 unspecified atom stereocenters. The number of hydrogen-bond donors (Lipinski definition) is 1. The molecule has 1 atom stereocenters. The summed E-state index contributed by atoms with van der Waals surface area (Å²) in [7, 11) is 3.32. The number of carbonyl (C=O) groups excluding carboxylic acids is 1. The summed E-state index contributed by atoms with van der Waals surface area (Å²) in [6.07, 6.45) is 0.122. The maximum atomic E-state index is 11.4. The van der Waals surface area contributed by atoms with Crippen molar-refractivity contribution in [3.05, 3.63) is 11.3 Å². The average molecular weight is 241 g/mol. The predicted molar refractivity (Wildman–Crippen MR) is 62.7 cm³/mol. The highest BCUT2D eigenvalue weighted by Gasteiger charge is 2.22. The van der Waals surface area contributed by atoms with Crippen molar-refractivity contribution in [2.75, 3.05) is 13.7 Å². The van der Waals surface area contributed by atoms with Crippen molar-refractivity contribution >= 4 is 5.97 Å². The van der Waals surface area contributed by atoms with E-state index in [1.807, 2.05) is 6.92 Å². The summed E-state index contributed by atoms with van der Waals surface area (Å²) in [4.78, 5) is 11.4. The smallest absolute Gasteiger partial charge is 0.307 e. The molecule has 0 fully saturated rings. The zero-order valence-corrected chi connectivity index (χ0v) is 10.7. The molecule has 0 aliphatic carbocycles. The minimum Gasteiger partial charge on any atom is -0.481 e. The standard InChI is InChI=1S/C11H19N3O3/c1-5-17-9(15)6-8(12)10-7(2)13-14(3)11(10)16-4/h8H,5-6,12H2,1-4H3/t8-/m1/s1. The van der Waals surface area contributed by atoms with Crippen LogP contribution in [0.25, 0.3) is 0 Å². The van der Waals surface area contributed by atoms with Gasteiger partial charge in [-0.1, -0.05) is 0 Å². The fraction of sp³-hybridized carbons (Fsp3) is 0.636. The van der Waals surface area contributed by atoms with Gasteiger partial charge in [0, 0.05) is 13.1 Å². The second-order valence-electron chi connectivity index (χ2n) is 3.75. The summed E-state index contributed by atoms with van der Waals surface area (Å²) in [5.41, 5.74) is 7.50. The van der Waals surface area contributed by atoms with Crippen LogP contribution in [0.2, 0.25) is 0 Å². The molecule has 96 valence electrons. The van der Waals surface area contributed by atoms with E-state index in [4.69, 9.17) is 15.2 Å². The number of esters is 1. The van der Waals surface area contributed by atoms with E-state index in [2.05, 4.69) is 5.10 Å². The summed E-state index contributed by atoms with van der Waals surface area (Å²) >= 11 is 0. The van der Waals surface area contributed by atoms with E-state index < -0.39 is 6.04 Å². The van der Waals surface area contributed by atoms with Crippen molar-refractivity contribution in [1.82, 2.24) is 9.78 Å². The lowest BCUT2D eigenvalue weighted by molar-refractivity contribution is -0.143. The topological polar surface area (TPSA) is 79.4 Å². The summed E-state index contributed by atoms with van der Waals surface area (Å²) in [6, 6.07) is -0.460. The summed E-state index contributed by atoms with van der Waals surface area (Å²) < 4.78 is 11.7. The molecule has 0 spiro atoms. The van der Waals surface area contributed by atoms with Crippen LogP contribution in [0.4, 0.5) is 0 Å². The lowest BCUT2D eigenvalue weighted by Crippen LogP contribution is -2.18. The number of nitrogens with zero attached hydrogens (tertiary/aromatic N) is 2. The number of aromatic nitrogens is 2. The molecule has 17 heavy (non-hydrogen) atoms. The molecule has 0 aromatic carbocycles. The zero-order valence-electron chi connectivity index (χ0n) is 10.7. The minimum atomic E-state index is -0.460. The molecule has 0 radical (unpaired) electrons. The lowest BCUT2D eigenvalue weighted by Gasteiger charge is -2.12. The van der Waals surface area contributed by atoms with E-state index in [-0.39, 0.29) is 12.4 Å². The minimum absolute atomic E-state index is 0.122. The van der Waals surface area contributed by atoms with Gasteiger partial charge in [-0.3, -0.25) is 4.79 Å². The van der Waals surface area contributed by atoms with Crippen LogP contribution in [-0.2, 0) is 16.6 Å². The molecule has 6 nitrogen and oxygen atoms in total. The van der Waals surface area contributed by atoms with Crippen LogP contribution in [0.15, 0.2) is 0 Å². The van der Waals surface area contributed by atoms with Crippen LogP contribution in [0.1, 0.15) is 30.6 Å². The molecule has 0 aliphatic heterocycles. The van der Waals surface area contributed by atoms with Crippen LogP contribution in [-0.4, -0.2) is 29.5 Å². The molecule has 1 rings (SSSR count). The van der Waals surface area contributed by atoms with Crippen molar-refractivity contribution in [1.29, 1.82) is 0 Å². The van der Waals surface area contributed by atoms with Crippen molar-refractivity contribution in [2.24, 2.45) is 12.8 Å². The van der Waals surface area contributed by atoms with Crippen molar-refractivity contribution in [2.45, 2.75) is 26.3 Å². The molecule has 0 saturated heterocycles. The van der Waals surface area contributed by atoms with Crippen molar-refractivity contribution in [3.63, 3.8) is 0 Å². The third-order valence-electron chi connectivity index (χ3n) is 2.47. The molecular weight excluding hydrogens is 222 g/mol. The normalized spacial score (nSPS) is 12.3. The van der Waals surface area contributed by atoms with Gasteiger partial charge in [0.25, 0.3) is 0 Å². The lowest BCUT2D eigenvalue weighted by atomic mass is 10.1. The van der Waals surface area contributed by atoms with E-state index in [1.165, 1.54) is 0 Å². The number of nitrogens with two attached hydrogens (primary N) is 1. The van der Waals surface area contributed by atoms with Crippen LogP contribution < -0.4 is 10.5 Å². The van der Waals surface area contributed by atoms with E-state index >= 15 is 0 Å². The Morgan fingerprint density at radius 2 is 2.24 bits per heavy atom. The van der Waals surface area contributed by atoms with Crippen molar-refractivity contribution in [3.8, 4) is 5.88 Å². The Morgan fingerprint density at radius 3 is 2.76 bits per heavy atom. The van der Waals surface area contributed by atoms with Crippen molar-refractivity contribution < 1.29 is 14.3 Å². The van der Waals surface area contributed by atoms with Crippen LogP contribution >= 0.6 is 0 Å². The Kier molecular flexibility index (Phi) is 4.51. The van der Waals surface area contributed by atoms with Gasteiger partial charge in [0.15, 0.2) is 0 Å². The molecule has 0 bridgehead atoms. The third-order valence-corrected chi connectivity index (χ3v) is 2.47. The van der Waals surface area contributed by atoms with E-state index in [0.717, 1.165) is 11.3 Å². The first-order valence-electron chi connectivity index (χ1n) is 5.49. The third kappa shape index (κ3) is 2.97. The Morgan fingerprint density at radius 1 is 1.59 bits per heavy atom. The van der Waals surface area contributed by atoms with Gasteiger partial charge in [-0.15, -0.1) is 0 Å². The van der Waals surface area contributed by atoms with E-state index in [9.17, 15) is 4.79 Å². The van der Waals surface area contributed by atoms with Crippen LogP contribution in [0.3, 0.4) is 0 Å².